The Morgan fingerprint density at radius 3 is 2.56 bits per heavy atom. The SMILES string of the molecule is CC(=O)N1Cc2ccc(S(=O)(=O)N3CCCC3Cc3ccccc3)cc2C1. The quantitative estimate of drug-likeness (QED) is 0.814. The van der Waals surface area contributed by atoms with Crippen molar-refractivity contribution in [2.24, 2.45) is 0 Å². The van der Waals surface area contributed by atoms with Crippen LogP contribution in [-0.4, -0.2) is 36.1 Å². The Kier molecular flexibility index (Phi) is 4.78. The molecular weight excluding hydrogens is 360 g/mol. The standard InChI is InChI=1S/C21H24N2O3S/c1-16(24)22-14-18-9-10-21(13-19(18)15-22)27(25,26)23-11-5-8-20(23)12-17-6-3-2-4-7-17/h2-4,6-7,9-10,13,20H,5,8,11-12,14-15H2,1H3. The van der Waals surface area contributed by atoms with E-state index in [1.807, 2.05) is 24.3 Å². The third-order valence-corrected chi connectivity index (χ3v) is 7.54. The van der Waals surface area contributed by atoms with Crippen LogP contribution in [0, 0.1) is 0 Å². The van der Waals surface area contributed by atoms with E-state index in [1.165, 1.54) is 0 Å². The topological polar surface area (TPSA) is 57.7 Å². The Morgan fingerprint density at radius 2 is 1.81 bits per heavy atom. The third kappa shape index (κ3) is 3.51. The zero-order valence-corrected chi connectivity index (χ0v) is 16.3. The van der Waals surface area contributed by atoms with Gasteiger partial charge in [-0.3, -0.25) is 4.79 Å². The predicted octanol–water partition coefficient (Wildman–Crippen LogP) is 2.94. The summed E-state index contributed by atoms with van der Waals surface area (Å²) >= 11 is 0. The number of fused-ring (bicyclic) bond motifs is 1. The van der Waals surface area contributed by atoms with Crippen LogP contribution in [0.2, 0.25) is 0 Å². The number of carbonyl (C=O) groups is 1. The summed E-state index contributed by atoms with van der Waals surface area (Å²) in [5.74, 6) is 0.0121. The van der Waals surface area contributed by atoms with Crippen molar-refractivity contribution >= 4 is 15.9 Å². The summed E-state index contributed by atoms with van der Waals surface area (Å²) in [6.45, 7) is 3.16. The first kappa shape index (κ1) is 18.2. The minimum atomic E-state index is -3.54. The van der Waals surface area contributed by atoms with Crippen molar-refractivity contribution in [2.75, 3.05) is 6.54 Å². The molecule has 0 radical (unpaired) electrons. The molecule has 2 aromatic rings. The average Bonchev–Trinajstić information content (AvgIpc) is 3.29. The maximum atomic E-state index is 13.3. The van der Waals surface area contributed by atoms with Gasteiger partial charge in [-0.15, -0.1) is 0 Å². The Balaban J connectivity index is 1.58. The largest absolute Gasteiger partial charge is 0.334 e. The van der Waals surface area contributed by atoms with Crippen LogP contribution >= 0.6 is 0 Å². The van der Waals surface area contributed by atoms with Crippen LogP contribution in [0.25, 0.3) is 0 Å². The van der Waals surface area contributed by atoms with Gasteiger partial charge in [0.05, 0.1) is 4.90 Å². The van der Waals surface area contributed by atoms with E-state index in [0.717, 1.165) is 36.0 Å². The molecule has 0 spiro atoms. The first-order valence-corrected chi connectivity index (χ1v) is 10.8. The molecule has 2 aliphatic heterocycles. The zero-order chi connectivity index (χ0) is 19.0. The molecule has 0 saturated carbocycles. The minimum Gasteiger partial charge on any atom is -0.334 e. The maximum Gasteiger partial charge on any atom is 0.243 e. The highest BCUT2D eigenvalue weighted by atomic mass is 32.2. The van der Waals surface area contributed by atoms with E-state index >= 15 is 0 Å². The van der Waals surface area contributed by atoms with E-state index in [-0.39, 0.29) is 11.9 Å². The highest BCUT2D eigenvalue weighted by Gasteiger charge is 2.36. The van der Waals surface area contributed by atoms with Crippen molar-refractivity contribution in [1.82, 2.24) is 9.21 Å². The average molecular weight is 385 g/mol. The molecule has 6 heteroatoms. The predicted molar refractivity (Wildman–Crippen MR) is 103 cm³/mol. The Morgan fingerprint density at radius 1 is 1.07 bits per heavy atom. The summed E-state index contributed by atoms with van der Waals surface area (Å²) in [6, 6.07) is 15.4. The summed E-state index contributed by atoms with van der Waals surface area (Å²) < 4.78 is 28.3. The van der Waals surface area contributed by atoms with Crippen LogP contribution in [0.3, 0.4) is 0 Å². The lowest BCUT2D eigenvalue weighted by Crippen LogP contribution is -2.36. The molecule has 142 valence electrons. The molecule has 0 aliphatic carbocycles. The summed E-state index contributed by atoms with van der Waals surface area (Å²) in [4.78, 5) is 13.7. The van der Waals surface area contributed by atoms with Gasteiger partial charge in [0.15, 0.2) is 0 Å². The molecule has 4 rings (SSSR count). The zero-order valence-electron chi connectivity index (χ0n) is 15.5. The molecule has 1 saturated heterocycles. The molecule has 2 aromatic carbocycles. The molecule has 0 bridgehead atoms. The number of benzene rings is 2. The van der Waals surface area contributed by atoms with Crippen LogP contribution in [0.5, 0.6) is 0 Å². The minimum absolute atomic E-state index is 0.000581. The number of nitrogens with zero attached hydrogens (tertiary/aromatic N) is 2. The lowest BCUT2D eigenvalue weighted by atomic mass is 10.1. The second-order valence-electron chi connectivity index (χ2n) is 7.41. The van der Waals surface area contributed by atoms with Crippen molar-refractivity contribution in [3.05, 3.63) is 65.2 Å². The summed E-state index contributed by atoms with van der Waals surface area (Å²) in [5.41, 5.74) is 3.13. The second-order valence-corrected chi connectivity index (χ2v) is 9.30. The highest BCUT2D eigenvalue weighted by molar-refractivity contribution is 7.89. The van der Waals surface area contributed by atoms with Gasteiger partial charge in [0, 0.05) is 32.6 Å². The maximum absolute atomic E-state index is 13.3. The molecule has 2 aliphatic rings. The Bertz CT molecular complexity index is 957. The van der Waals surface area contributed by atoms with Gasteiger partial charge >= 0.3 is 0 Å². The third-order valence-electron chi connectivity index (χ3n) is 5.59. The summed E-state index contributed by atoms with van der Waals surface area (Å²) in [7, 11) is -3.54. The van der Waals surface area contributed by atoms with Gasteiger partial charge in [-0.1, -0.05) is 36.4 Å². The lowest BCUT2D eigenvalue weighted by Gasteiger charge is -2.24. The Hall–Kier alpha value is -2.18. The van der Waals surface area contributed by atoms with E-state index in [4.69, 9.17) is 0 Å². The van der Waals surface area contributed by atoms with E-state index in [9.17, 15) is 13.2 Å². The normalized spacial score (nSPS) is 20.0. The molecule has 1 atom stereocenters. The van der Waals surface area contributed by atoms with E-state index < -0.39 is 10.0 Å². The molecule has 1 amide bonds. The molecular formula is C21H24N2O3S. The number of rotatable bonds is 4. The van der Waals surface area contributed by atoms with Crippen LogP contribution in [-0.2, 0) is 34.3 Å². The van der Waals surface area contributed by atoms with Crippen LogP contribution in [0.4, 0.5) is 0 Å². The number of sulfonamides is 1. The number of hydrogen-bond acceptors (Lipinski definition) is 3. The van der Waals surface area contributed by atoms with Crippen LogP contribution in [0.15, 0.2) is 53.4 Å². The molecule has 0 aromatic heterocycles. The second kappa shape index (κ2) is 7.09. The molecule has 1 unspecified atom stereocenters. The monoisotopic (exact) mass is 384 g/mol. The lowest BCUT2D eigenvalue weighted by molar-refractivity contribution is -0.129. The van der Waals surface area contributed by atoms with Gasteiger partial charge < -0.3 is 4.90 Å². The number of amides is 1. The molecule has 0 N–H and O–H groups in total. The molecule has 1 fully saturated rings. The first-order chi connectivity index (χ1) is 12.9. The van der Waals surface area contributed by atoms with Crippen LogP contribution in [0.1, 0.15) is 36.5 Å². The van der Waals surface area contributed by atoms with E-state index in [2.05, 4.69) is 12.1 Å². The highest BCUT2D eigenvalue weighted by Crippen LogP contribution is 2.31. The summed E-state index contributed by atoms with van der Waals surface area (Å²) in [5, 5.41) is 0. The van der Waals surface area contributed by atoms with Gasteiger partial charge in [-0.2, -0.15) is 4.31 Å². The molecule has 5 nitrogen and oxygen atoms in total. The van der Waals surface area contributed by atoms with E-state index in [0.29, 0.717) is 24.5 Å². The van der Waals surface area contributed by atoms with Gasteiger partial charge in [-0.25, -0.2) is 8.42 Å². The van der Waals surface area contributed by atoms with Crippen molar-refractivity contribution in [3.63, 3.8) is 0 Å². The van der Waals surface area contributed by atoms with Gasteiger partial charge in [0.25, 0.3) is 0 Å². The van der Waals surface area contributed by atoms with Crippen molar-refractivity contribution in [1.29, 1.82) is 0 Å². The van der Waals surface area contributed by atoms with Crippen LogP contribution < -0.4 is 0 Å². The number of carbonyl (C=O) groups excluding carboxylic acids is 1. The Labute approximate surface area is 160 Å². The smallest absolute Gasteiger partial charge is 0.243 e. The van der Waals surface area contributed by atoms with Crippen molar-refractivity contribution in [2.45, 2.75) is 50.2 Å². The number of hydrogen-bond donors (Lipinski definition) is 0. The van der Waals surface area contributed by atoms with Gasteiger partial charge in [0.1, 0.15) is 0 Å². The molecule has 2 heterocycles. The fraction of sp³-hybridized carbons (Fsp3) is 0.381. The first-order valence-electron chi connectivity index (χ1n) is 9.38. The van der Waals surface area contributed by atoms with Gasteiger partial charge in [0.2, 0.25) is 15.9 Å². The van der Waals surface area contributed by atoms with Crippen molar-refractivity contribution < 1.29 is 13.2 Å². The van der Waals surface area contributed by atoms with Crippen molar-refractivity contribution in [3.8, 4) is 0 Å². The van der Waals surface area contributed by atoms with E-state index in [1.54, 1.807) is 28.3 Å². The fourth-order valence-electron chi connectivity index (χ4n) is 4.11. The van der Waals surface area contributed by atoms with Gasteiger partial charge in [-0.05, 0) is 48.1 Å². The summed E-state index contributed by atoms with van der Waals surface area (Å²) in [6.07, 6.45) is 2.51. The molecule has 27 heavy (non-hydrogen) atoms. The fourth-order valence-corrected chi connectivity index (χ4v) is 5.85.